The van der Waals surface area contributed by atoms with Crippen LogP contribution in [0.1, 0.15) is 22.8 Å². The molecule has 0 heterocycles. The number of hydrogen-bond acceptors (Lipinski definition) is 3. The lowest BCUT2D eigenvalue weighted by Crippen LogP contribution is -2.23. The van der Waals surface area contributed by atoms with Crippen molar-refractivity contribution in [1.29, 1.82) is 0 Å². The topological polar surface area (TPSA) is 67.2 Å². The maximum Gasteiger partial charge on any atom is 0.253 e. The van der Waals surface area contributed by atoms with E-state index in [1.54, 1.807) is 18.2 Å². The number of amides is 1. The van der Waals surface area contributed by atoms with Crippen LogP contribution in [-0.2, 0) is 0 Å². The van der Waals surface area contributed by atoms with Gasteiger partial charge in [-0.2, -0.15) is 0 Å². The molecule has 0 saturated carbocycles. The lowest BCUT2D eigenvalue weighted by molar-refractivity contribution is 0.0956. The van der Waals surface area contributed by atoms with Gasteiger partial charge in [-0.25, -0.2) is 0 Å². The zero-order valence-electron chi connectivity index (χ0n) is 12.0. The van der Waals surface area contributed by atoms with Crippen LogP contribution >= 0.6 is 15.9 Å². The Morgan fingerprint density at radius 2 is 2.00 bits per heavy atom. The molecule has 0 fully saturated rings. The van der Waals surface area contributed by atoms with E-state index in [0.29, 0.717) is 23.5 Å². The van der Waals surface area contributed by atoms with Crippen molar-refractivity contribution in [2.24, 2.45) is 0 Å². The summed E-state index contributed by atoms with van der Waals surface area (Å²) in [7, 11) is 0. The summed E-state index contributed by atoms with van der Waals surface area (Å²) in [5.41, 5.74) is 9.74. The van der Waals surface area contributed by atoms with Gasteiger partial charge in [-0.05, 0) is 55.8 Å². The van der Waals surface area contributed by atoms with Crippen molar-refractivity contribution in [1.82, 2.24) is 5.32 Å². The Bertz CT molecular complexity index is 671. The Hall–Kier alpha value is -2.01. The number of nitrogen functional groups attached to an aromatic ring is 1. The molecular formula is C16H18BrN3O. The number of nitrogens with two attached hydrogens (primary N) is 1. The zero-order chi connectivity index (χ0) is 15.4. The van der Waals surface area contributed by atoms with E-state index >= 15 is 0 Å². The van der Waals surface area contributed by atoms with Crippen molar-refractivity contribution in [3.63, 3.8) is 0 Å². The van der Waals surface area contributed by atoms with Gasteiger partial charge in [0, 0.05) is 22.4 Å². The van der Waals surface area contributed by atoms with Gasteiger partial charge in [-0.3, -0.25) is 4.79 Å². The first kappa shape index (κ1) is 15.4. The molecule has 0 atom stereocenters. The molecular weight excluding hydrogens is 330 g/mol. The summed E-state index contributed by atoms with van der Waals surface area (Å²) in [5.74, 6) is -0.117. The van der Waals surface area contributed by atoms with E-state index < -0.39 is 0 Å². The van der Waals surface area contributed by atoms with Gasteiger partial charge in [0.1, 0.15) is 0 Å². The molecule has 2 aromatic carbocycles. The van der Waals surface area contributed by atoms with E-state index in [4.69, 9.17) is 5.73 Å². The maximum atomic E-state index is 12.1. The van der Waals surface area contributed by atoms with Crippen LogP contribution in [0.25, 0.3) is 0 Å². The minimum atomic E-state index is -0.117. The first-order valence-corrected chi connectivity index (χ1v) is 7.51. The first-order chi connectivity index (χ1) is 10.0. The largest absolute Gasteiger partial charge is 0.399 e. The Kier molecular flexibility index (Phi) is 4.85. The Morgan fingerprint density at radius 3 is 2.67 bits per heavy atom. The molecule has 110 valence electrons. The molecule has 1 amide bonds. The predicted octanol–water partition coefficient (Wildman–Crippen LogP) is 3.83. The van der Waals surface area contributed by atoms with Crippen LogP contribution in [0.5, 0.6) is 0 Å². The van der Waals surface area contributed by atoms with Gasteiger partial charge in [0.05, 0.1) is 11.3 Å². The van der Waals surface area contributed by atoms with E-state index in [1.165, 1.54) is 0 Å². The van der Waals surface area contributed by atoms with Gasteiger partial charge in [-0.15, -0.1) is 0 Å². The molecule has 4 nitrogen and oxygen atoms in total. The van der Waals surface area contributed by atoms with E-state index in [0.717, 1.165) is 15.7 Å². The lowest BCUT2D eigenvalue weighted by atomic mass is 10.1. The highest BCUT2D eigenvalue weighted by Gasteiger charge is 2.11. The van der Waals surface area contributed by atoms with Crippen molar-refractivity contribution >= 4 is 38.9 Å². The SMILES string of the molecule is CCNC(=O)c1ccc(N)cc1Nc1ccc(Br)c(C)c1. The Labute approximate surface area is 132 Å². The quantitative estimate of drug-likeness (QED) is 0.736. The molecule has 4 N–H and O–H groups in total. The lowest BCUT2D eigenvalue weighted by Gasteiger charge is -2.13. The molecule has 0 unspecified atom stereocenters. The Morgan fingerprint density at radius 1 is 1.24 bits per heavy atom. The fourth-order valence-electron chi connectivity index (χ4n) is 2.00. The fraction of sp³-hybridized carbons (Fsp3) is 0.188. The normalized spacial score (nSPS) is 10.2. The second-order valence-electron chi connectivity index (χ2n) is 4.75. The standard InChI is InChI=1S/C16H18BrN3O/c1-3-19-16(21)13-6-4-11(18)9-15(13)20-12-5-7-14(17)10(2)8-12/h4-9,20H,3,18H2,1-2H3,(H,19,21). The van der Waals surface area contributed by atoms with Crippen molar-refractivity contribution in [2.45, 2.75) is 13.8 Å². The third kappa shape index (κ3) is 3.76. The summed E-state index contributed by atoms with van der Waals surface area (Å²) < 4.78 is 1.05. The number of carbonyl (C=O) groups is 1. The third-order valence-corrected chi connectivity index (χ3v) is 3.95. The number of halogens is 1. The van der Waals surface area contributed by atoms with Gasteiger partial charge in [0.25, 0.3) is 5.91 Å². The van der Waals surface area contributed by atoms with E-state index in [-0.39, 0.29) is 5.91 Å². The van der Waals surface area contributed by atoms with Crippen LogP contribution in [0, 0.1) is 6.92 Å². The molecule has 2 rings (SSSR count). The van der Waals surface area contributed by atoms with Crippen molar-refractivity contribution in [2.75, 3.05) is 17.6 Å². The molecule has 0 aliphatic carbocycles. The van der Waals surface area contributed by atoms with Gasteiger partial charge in [-0.1, -0.05) is 15.9 Å². The summed E-state index contributed by atoms with van der Waals surface area (Å²) >= 11 is 3.47. The molecule has 0 saturated heterocycles. The summed E-state index contributed by atoms with van der Waals surface area (Å²) in [6.45, 7) is 4.49. The predicted molar refractivity (Wildman–Crippen MR) is 91.0 cm³/mol. The number of anilines is 3. The number of carbonyl (C=O) groups excluding carboxylic acids is 1. The number of benzene rings is 2. The number of rotatable bonds is 4. The molecule has 0 spiro atoms. The molecule has 0 bridgehead atoms. The number of nitrogens with one attached hydrogen (secondary N) is 2. The summed E-state index contributed by atoms with van der Waals surface area (Å²) in [6, 6.07) is 11.1. The highest BCUT2D eigenvalue weighted by molar-refractivity contribution is 9.10. The van der Waals surface area contributed by atoms with Gasteiger partial charge in [0.15, 0.2) is 0 Å². The fourth-order valence-corrected chi connectivity index (χ4v) is 2.24. The van der Waals surface area contributed by atoms with Crippen LogP contribution in [-0.4, -0.2) is 12.5 Å². The van der Waals surface area contributed by atoms with Crippen LogP contribution in [0.3, 0.4) is 0 Å². The van der Waals surface area contributed by atoms with E-state index in [9.17, 15) is 4.79 Å². The van der Waals surface area contributed by atoms with Crippen molar-refractivity contribution < 1.29 is 4.79 Å². The molecule has 2 aromatic rings. The average Bonchev–Trinajstić information content (AvgIpc) is 2.43. The van der Waals surface area contributed by atoms with Crippen molar-refractivity contribution in [3.05, 3.63) is 52.0 Å². The highest BCUT2D eigenvalue weighted by Crippen LogP contribution is 2.26. The second-order valence-corrected chi connectivity index (χ2v) is 5.61. The average molecular weight is 348 g/mol. The van der Waals surface area contributed by atoms with Gasteiger partial charge >= 0.3 is 0 Å². The van der Waals surface area contributed by atoms with Crippen molar-refractivity contribution in [3.8, 4) is 0 Å². The summed E-state index contributed by atoms with van der Waals surface area (Å²) in [4.78, 5) is 12.1. The van der Waals surface area contributed by atoms with E-state index in [1.807, 2.05) is 32.0 Å². The maximum absolute atomic E-state index is 12.1. The molecule has 0 aliphatic rings. The van der Waals surface area contributed by atoms with Crippen LogP contribution in [0.4, 0.5) is 17.1 Å². The first-order valence-electron chi connectivity index (χ1n) is 6.72. The van der Waals surface area contributed by atoms with Gasteiger partial charge < -0.3 is 16.4 Å². The third-order valence-electron chi connectivity index (χ3n) is 3.06. The number of aryl methyl sites for hydroxylation is 1. The van der Waals surface area contributed by atoms with Crippen LogP contribution in [0.2, 0.25) is 0 Å². The van der Waals surface area contributed by atoms with Gasteiger partial charge in [0.2, 0.25) is 0 Å². The number of hydrogen-bond donors (Lipinski definition) is 3. The minimum Gasteiger partial charge on any atom is -0.399 e. The zero-order valence-corrected chi connectivity index (χ0v) is 13.6. The molecule has 21 heavy (non-hydrogen) atoms. The molecule has 0 aliphatic heterocycles. The molecule has 0 radical (unpaired) electrons. The smallest absolute Gasteiger partial charge is 0.253 e. The highest BCUT2D eigenvalue weighted by atomic mass is 79.9. The molecule has 5 heteroatoms. The monoisotopic (exact) mass is 347 g/mol. The summed E-state index contributed by atoms with van der Waals surface area (Å²) in [5, 5.41) is 6.06. The summed E-state index contributed by atoms with van der Waals surface area (Å²) in [6.07, 6.45) is 0. The Balaban J connectivity index is 2.35. The van der Waals surface area contributed by atoms with E-state index in [2.05, 4.69) is 26.6 Å². The second kappa shape index (κ2) is 6.63. The van der Waals surface area contributed by atoms with Crippen LogP contribution < -0.4 is 16.4 Å². The minimum absolute atomic E-state index is 0.117. The molecule has 0 aromatic heterocycles. The van der Waals surface area contributed by atoms with Crippen LogP contribution in [0.15, 0.2) is 40.9 Å².